The topological polar surface area (TPSA) is 12.9 Å². The van der Waals surface area contributed by atoms with Gasteiger partial charge in [0.25, 0.3) is 0 Å². The van der Waals surface area contributed by atoms with Gasteiger partial charge in [-0.05, 0) is 18.6 Å². The summed E-state index contributed by atoms with van der Waals surface area (Å²) in [7, 11) is 0. The highest BCUT2D eigenvalue weighted by Crippen LogP contribution is 1.96. The molecule has 1 aromatic rings. The molecule has 1 nitrogen and oxygen atoms in total. The molecule has 0 atom stereocenters. The molecule has 0 aliphatic carbocycles. The Hall–Kier alpha value is -0.920. The van der Waals surface area contributed by atoms with Gasteiger partial charge < -0.3 is 0 Å². The van der Waals surface area contributed by atoms with Crippen LogP contribution in [0.25, 0.3) is 0 Å². The lowest BCUT2D eigenvalue weighted by atomic mass is 10.3. The highest BCUT2D eigenvalue weighted by molar-refractivity contribution is 5.06. The first kappa shape index (κ1) is 5.22. The van der Waals surface area contributed by atoms with E-state index in [1.54, 1.807) is 13.1 Å². The first-order valence-electron chi connectivity index (χ1n) is 2.36. The monoisotopic (exact) mass is 111 g/mol. The molecule has 2 heteroatoms. The quantitative estimate of drug-likeness (QED) is 0.494. The number of nitrogens with zero attached hydrogens (tertiary/aromatic N) is 1. The number of aryl methyl sites for hydroxylation is 1. The molecule has 0 aliphatic heterocycles. The van der Waals surface area contributed by atoms with Crippen molar-refractivity contribution in [1.82, 2.24) is 4.98 Å². The van der Waals surface area contributed by atoms with E-state index in [2.05, 4.69) is 4.98 Å². The maximum Gasteiger partial charge on any atom is 0.141 e. The Kier molecular flexibility index (Phi) is 1.24. The molecular formula is C6H6FN. The summed E-state index contributed by atoms with van der Waals surface area (Å²) in [6, 6.07) is 1.44. The molecule has 0 amide bonds. The molecule has 0 aromatic carbocycles. The molecule has 0 N–H and O–H groups in total. The lowest BCUT2D eigenvalue weighted by molar-refractivity contribution is 0.620. The molecule has 0 unspecified atom stereocenters. The van der Waals surface area contributed by atoms with Crippen molar-refractivity contribution in [3.63, 3.8) is 0 Å². The van der Waals surface area contributed by atoms with E-state index in [1.807, 2.05) is 0 Å². The van der Waals surface area contributed by atoms with E-state index in [9.17, 15) is 4.39 Å². The second-order valence-electron chi connectivity index (χ2n) is 1.68. The maximum absolute atomic E-state index is 12.1. The van der Waals surface area contributed by atoms with Gasteiger partial charge in [-0.15, -0.1) is 0 Å². The first-order chi connectivity index (χ1) is 3.79. The normalized spacial score (nSPS) is 9.25. The summed E-state index contributed by atoms with van der Waals surface area (Å²) in [5.41, 5.74) is 0.852. The Balaban J connectivity index is 3.08. The van der Waals surface area contributed by atoms with Gasteiger partial charge in [-0.2, -0.15) is 0 Å². The van der Waals surface area contributed by atoms with Gasteiger partial charge in [0, 0.05) is 6.20 Å². The standard InChI is InChI=1S/C6H6FN/c1-5-2-6(7)4-8-3-5/h2-4H,1H3. The molecule has 1 rings (SSSR count). The van der Waals surface area contributed by atoms with E-state index in [0.29, 0.717) is 0 Å². The van der Waals surface area contributed by atoms with Gasteiger partial charge in [0.15, 0.2) is 0 Å². The van der Waals surface area contributed by atoms with Crippen LogP contribution >= 0.6 is 0 Å². The van der Waals surface area contributed by atoms with Gasteiger partial charge >= 0.3 is 0 Å². The van der Waals surface area contributed by atoms with Crippen LogP contribution < -0.4 is 0 Å². The van der Waals surface area contributed by atoms with Crippen LogP contribution in [0.1, 0.15) is 5.56 Å². The average molecular weight is 111 g/mol. The van der Waals surface area contributed by atoms with Crippen molar-refractivity contribution in [2.24, 2.45) is 0 Å². The highest BCUT2D eigenvalue weighted by atomic mass is 19.1. The van der Waals surface area contributed by atoms with Gasteiger partial charge in [-0.25, -0.2) is 4.39 Å². The zero-order chi connectivity index (χ0) is 5.98. The lowest BCUT2D eigenvalue weighted by Gasteiger charge is -1.86. The number of pyridine rings is 1. The summed E-state index contributed by atoms with van der Waals surface area (Å²) in [4.78, 5) is 3.61. The molecule has 1 heterocycles. The summed E-state index contributed by atoms with van der Waals surface area (Å²) >= 11 is 0. The Labute approximate surface area is 47.2 Å². The van der Waals surface area contributed by atoms with E-state index in [-0.39, 0.29) is 5.82 Å². The molecule has 0 saturated carbocycles. The zero-order valence-corrected chi connectivity index (χ0v) is 4.56. The van der Waals surface area contributed by atoms with E-state index in [4.69, 9.17) is 0 Å². The molecule has 1 aromatic heterocycles. The molecule has 0 aliphatic rings. The molecule has 42 valence electrons. The minimum atomic E-state index is -0.273. The second kappa shape index (κ2) is 1.90. The minimum Gasteiger partial charge on any atom is -0.261 e. The zero-order valence-electron chi connectivity index (χ0n) is 4.56. The molecular weight excluding hydrogens is 105 g/mol. The van der Waals surface area contributed by atoms with Gasteiger partial charge in [0.05, 0.1) is 6.20 Å². The molecule has 0 radical (unpaired) electrons. The van der Waals surface area contributed by atoms with Gasteiger partial charge in [0.2, 0.25) is 0 Å². The largest absolute Gasteiger partial charge is 0.261 e. The van der Waals surface area contributed by atoms with Crippen molar-refractivity contribution in [3.05, 3.63) is 29.8 Å². The predicted octanol–water partition coefficient (Wildman–Crippen LogP) is 1.53. The van der Waals surface area contributed by atoms with Crippen LogP contribution in [0, 0.1) is 12.7 Å². The Bertz CT molecular complexity index is 168. The summed E-state index contributed by atoms with van der Waals surface area (Å²) in [5.74, 6) is -0.273. The van der Waals surface area contributed by atoms with Crippen LogP contribution in [0.5, 0.6) is 0 Å². The van der Waals surface area contributed by atoms with E-state index < -0.39 is 0 Å². The smallest absolute Gasteiger partial charge is 0.141 e. The number of rotatable bonds is 0. The minimum absolute atomic E-state index is 0.273. The van der Waals surface area contributed by atoms with Crippen LogP contribution in [-0.4, -0.2) is 4.98 Å². The fraction of sp³-hybridized carbons (Fsp3) is 0.167. The van der Waals surface area contributed by atoms with Crippen molar-refractivity contribution in [2.45, 2.75) is 6.92 Å². The fourth-order valence-corrected chi connectivity index (χ4v) is 0.518. The Morgan fingerprint density at radius 3 is 2.62 bits per heavy atom. The average Bonchev–Trinajstić information content (AvgIpc) is 1.64. The van der Waals surface area contributed by atoms with Crippen LogP contribution in [0.2, 0.25) is 0 Å². The van der Waals surface area contributed by atoms with Crippen molar-refractivity contribution in [1.29, 1.82) is 0 Å². The van der Waals surface area contributed by atoms with Crippen LogP contribution in [-0.2, 0) is 0 Å². The van der Waals surface area contributed by atoms with E-state index >= 15 is 0 Å². The Morgan fingerprint density at radius 2 is 2.25 bits per heavy atom. The summed E-state index contributed by atoms with van der Waals surface area (Å²) < 4.78 is 12.1. The van der Waals surface area contributed by atoms with Gasteiger partial charge in [-0.3, -0.25) is 4.98 Å². The number of halogens is 1. The van der Waals surface area contributed by atoms with Crippen LogP contribution in [0.15, 0.2) is 18.5 Å². The van der Waals surface area contributed by atoms with Crippen molar-refractivity contribution in [3.8, 4) is 0 Å². The van der Waals surface area contributed by atoms with Crippen molar-refractivity contribution < 1.29 is 4.39 Å². The van der Waals surface area contributed by atoms with Crippen molar-refractivity contribution >= 4 is 0 Å². The van der Waals surface area contributed by atoms with Gasteiger partial charge in [-0.1, -0.05) is 0 Å². The van der Waals surface area contributed by atoms with Crippen LogP contribution in [0.4, 0.5) is 4.39 Å². The SMILES string of the molecule is Cc1cncc(F)c1. The third-order valence-electron chi connectivity index (χ3n) is 0.842. The Morgan fingerprint density at radius 1 is 1.50 bits per heavy atom. The summed E-state index contributed by atoms with van der Waals surface area (Å²) in [6.07, 6.45) is 2.80. The number of hydrogen-bond donors (Lipinski definition) is 0. The van der Waals surface area contributed by atoms with E-state index in [1.165, 1.54) is 12.3 Å². The number of aromatic nitrogens is 1. The number of hydrogen-bond acceptors (Lipinski definition) is 1. The molecule has 0 saturated heterocycles. The lowest BCUT2D eigenvalue weighted by Crippen LogP contribution is -1.77. The summed E-state index contributed by atoms with van der Waals surface area (Å²) in [5, 5.41) is 0. The summed E-state index contributed by atoms with van der Waals surface area (Å²) in [6.45, 7) is 1.80. The van der Waals surface area contributed by atoms with Gasteiger partial charge in [0.1, 0.15) is 5.82 Å². The first-order valence-corrected chi connectivity index (χ1v) is 2.36. The third-order valence-corrected chi connectivity index (χ3v) is 0.842. The molecule has 0 fully saturated rings. The van der Waals surface area contributed by atoms with E-state index in [0.717, 1.165) is 5.56 Å². The highest BCUT2D eigenvalue weighted by Gasteiger charge is 1.85. The van der Waals surface area contributed by atoms with Crippen LogP contribution in [0.3, 0.4) is 0 Å². The molecule has 0 spiro atoms. The fourth-order valence-electron chi connectivity index (χ4n) is 0.518. The van der Waals surface area contributed by atoms with Crippen molar-refractivity contribution in [2.75, 3.05) is 0 Å². The third kappa shape index (κ3) is 1.03. The maximum atomic E-state index is 12.1. The second-order valence-corrected chi connectivity index (χ2v) is 1.68. The molecule has 0 bridgehead atoms. The predicted molar refractivity (Wildman–Crippen MR) is 28.9 cm³/mol. The molecule has 8 heavy (non-hydrogen) atoms.